The molecule has 0 amide bonds. The summed E-state index contributed by atoms with van der Waals surface area (Å²) in [4.78, 5) is 10.6. The maximum atomic E-state index is 10.6. The fourth-order valence-corrected chi connectivity index (χ4v) is 2.15. The number of rotatable bonds is 5. The summed E-state index contributed by atoms with van der Waals surface area (Å²) in [5, 5.41) is 11.2. The molecule has 1 atom stereocenters. The van der Waals surface area contributed by atoms with Gasteiger partial charge in [-0.15, -0.1) is 0 Å². The van der Waals surface area contributed by atoms with Gasteiger partial charge in [0.15, 0.2) is 0 Å². The van der Waals surface area contributed by atoms with E-state index in [0.717, 1.165) is 12.8 Å². The molecule has 3 heteroatoms. The quantitative estimate of drug-likeness (QED) is 0.848. The Hall–Kier alpha value is -1.87. The number of fused-ring (bicyclic) bond motifs is 1. The second-order valence-corrected chi connectivity index (χ2v) is 4.48. The Morgan fingerprint density at radius 1 is 1.17 bits per heavy atom. The maximum Gasteiger partial charge on any atom is 0.320 e. The number of aliphatic carboxylic acids is 1. The van der Waals surface area contributed by atoms with Crippen molar-refractivity contribution in [2.24, 2.45) is 5.73 Å². The third-order valence-corrected chi connectivity index (χ3v) is 3.16. The molecule has 18 heavy (non-hydrogen) atoms. The lowest BCUT2D eigenvalue weighted by atomic mass is 9.99. The first-order chi connectivity index (χ1) is 8.68. The molecular weight excluding hydrogens is 226 g/mol. The van der Waals surface area contributed by atoms with E-state index in [1.54, 1.807) is 0 Å². The van der Waals surface area contributed by atoms with Crippen LogP contribution < -0.4 is 5.73 Å². The summed E-state index contributed by atoms with van der Waals surface area (Å²) >= 11 is 0. The van der Waals surface area contributed by atoms with Crippen molar-refractivity contribution in [3.05, 3.63) is 48.0 Å². The molecule has 0 aromatic heterocycles. The summed E-state index contributed by atoms with van der Waals surface area (Å²) in [6.45, 7) is 0. The molecule has 2 rings (SSSR count). The minimum atomic E-state index is -0.923. The van der Waals surface area contributed by atoms with Crippen LogP contribution in [0.1, 0.15) is 18.4 Å². The van der Waals surface area contributed by atoms with E-state index in [1.165, 1.54) is 16.3 Å². The standard InChI is InChI=1S/C15H17NO2/c16-14(15(17)18)10-4-8-12-7-3-6-11-5-1-2-9-13(11)12/h1-3,5-7,9,14H,4,8,10,16H2,(H,17,18). The number of carboxylic acid groups (broad SMARTS) is 1. The van der Waals surface area contributed by atoms with Crippen molar-refractivity contribution in [2.75, 3.05) is 0 Å². The SMILES string of the molecule is NC(CCCc1cccc2ccccc12)C(=O)O. The normalized spacial score (nSPS) is 12.5. The van der Waals surface area contributed by atoms with Crippen LogP contribution in [0.15, 0.2) is 42.5 Å². The van der Waals surface area contributed by atoms with Crippen molar-refractivity contribution in [3.8, 4) is 0 Å². The molecule has 0 aliphatic heterocycles. The predicted octanol–water partition coefficient (Wildman–Crippen LogP) is 2.57. The molecule has 0 spiro atoms. The number of benzene rings is 2. The van der Waals surface area contributed by atoms with Crippen molar-refractivity contribution in [2.45, 2.75) is 25.3 Å². The van der Waals surface area contributed by atoms with Crippen molar-refractivity contribution in [1.29, 1.82) is 0 Å². The Morgan fingerprint density at radius 3 is 2.67 bits per heavy atom. The van der Waals surface area contributed by atoms with E-state index in [-0.39, 0.29) is 0 Å². The van der Waals surface area contributed by atoms with E-state index >= 15 is 0 Å². The molecule has 0 aliphatic carbocycles. The lowest BCUT2D eigenvalue weighted by Crippen LogP contribution is -2.29. The van der Waals surface area contributed by atoms with Gasteiger partial charge in [0.25, 0.3) is 0 Å². The zero-order valence-electron chi connectivity index (χ0n) is 10.2. The summed E-state index contributed by atoms with van der Waals surface area (Å²) in [5.74, 6) is -0.923. The van der Waals surface area contributed by atoms with Gasteiger partial charge in [0.1, 0.15) is 6.04 Å². The van der Waals surface area contributed by atoms with Crippen LogP contribution in [0, 0.1) is 0 Å². The molecule has 0 fully saturated rings. The lowest BCUT2D eigenvalue weighted by molar-refractivity contribution is -0.138. The summed E-state index contributed by atoms with van der Waals surface area (Å²) in [6.07, 6.45) is 2.17. The second-order valence-electron chi connectivity index (χ2n) is 4.48. The van der Waals surface area contributed by atoms with Crippen molar-refractivity contribution in [3.63, 3.8) is 0 Å². The van der Waals surface area contributed by atoms with Gasteiger partial charge in [-0.1, -0.05) is 42.5 Å². The minimum Gasteiger partial charge on any atom is -0.480 e. The van der Waals surface area contributed by atoms with Gasteiger partial charge in [-0.25, -0.2) is 0 Å². The van der Waals surface area contributed by atoms with Crippen LogP contribution in [0.3, 0.4) is 0 Å². The predicted molar refractivity (Wildman–Crippen MR) is 72.5 cm³/mol. The van der Waals surface area contributed by atoms with Crippen molar-refractivity contribution >= 4 is 16.7 Å². The third kappa shape index (κ3) is 2.87. The summed E-state index contributed by atoms with van der Waals surface area (Å²) < 4.78 is 0. The fourth-order valence-electron chi connectivity index (χ4n) is 2.15. The topological polar surface area (TPSA) is 63.3 Å². The second kappa shape index (κ2) is 5.65. The highest BCUT2D eigenvalue weighted by atomic mass is 16.4. The van der Waals surface area contributed by atoms with Gasteiger partial charge >= 0.3 is 5.97 Å². The third-order valence-electron chi connectivity index (χ3n) is 3.16. The van der Waals surface area contributed by atoms with Crippen LogP contribution in [0.4, 0.5) is 0 Å². The molecule has 3 N–H and O–H groups in total. The van der Waals surface area contributed by atoms with Gasteiger partial charge in [0, 0.05) is 0 Å². The average molecular weight is 243 g/mol. The van der Waals surface area contributed by atoms with Gasteiger partial charge < -0.3 is 10.8 Å². The van der Waals surface area contributed by atoms with Crippen LogP contribution >= 0.6 is 0 Å². The minimum absolute atomic E-state index is 0.512. The molecule has 2 aromatic carbocycles. The molecule has 94 valence electrons. The molecule has 0 aliphatic rings. The highest BCUT2D eigenvalue weighted by molar-refractivity contribution is 5.85. The Labute approximate surface area is 106 Å². The average Bonchev–Trinajstić information content (AvgIpc) is 2.38. The highest BCUT2D eigenvalue weighted by Crippen LogP contribution is 2.20. The number of nitrogens with two attached hydrogens (primary N) is 1. The van der Waals surface area contributed by atoms with Crippen molar-refractivity contribution in [1.82, 2.24) is 0 Å². The Kier molecular flexibility index (Phi) is 3.95. The number of hydrogen-bond donors (Lipinski definition) is 2. The van der Waals surface area contributed by atoms with Gasteiger partial charge in [-0.2, -0.15) is 0 Å². The van der Waals surface area contributed by atoms with Crippen LogP contribution in [-0.4, -0.2) is 17.1 Å². The van der Waals surface area contributed by atoms with Crippen LogP contribution in [0.25, 0.3) is 10.8 Å². The zero-order chi connectivity index (χ0) is 13.0. The van der Waals surface area contributed by atoms with Gasteiger partial charge in [-0.05, 0) is 35.6 Å². The molecule has 0 heterocycles. The first-order valence-electron chi connectivity index (χ1n) is 6.13. The summed E-state index contributed by atoms with van der Waals surface area (Å²) in [6, 6.07) is 13.7. The van der Waals surface area contributed by atoms with E-state index < -0.39 is 12.0 Å². The summed E-state index contributed by atoms with van der Waals surface area (Å²) in [7, 11) is 0. The Balaban J connectivity index is 2.06. The van der Waals surface area contributed by atoms with Crippen LogP contribution in [0.5, 0.6) is 0 Å². The van der Waals surface area contributed by atoms with E-state index in [2.05, 4.69) is 24.3 Å². The molecule has 0 radical (unpaired) electrons. The Bertz CT molecular complexity index is 546. The van der Waals surface area contributed by atoms with Crippen LogP contribution in [-0.2, 0) is 11.2 Å². The molecule has 0 saturated heterocycles. The number of aryl methyl sites for hydroxylation is 1. The molecule has 2 aromatic rings. The van der Waals surface area contributed by atoms with E-state index in [1.807, 2.05) is 18.2 Å². The van der Waals surface area contributed by atoms with E-state index in [4.69, 9.17) is 10.8 Å². The maximum absolute atomic E-state index is 10.6. The molecular formula is C15H17NO2. The monoisotopic (exact) mass is 243 g/mol. The van der Waals surface area contributed by atoms with E-state index in [9.17, 15) is 4.79 Å². The van der Waals surface area contributed by atoms with E-state index in [0.29, 0.717) is 6.42 Å². The number of carbonyl (C=O) groups is 1. The largest absolute Gasteiger partial charge is 0.480 e. The molecule has 0 bridgehead atoms. The van der Waals surface area contributed by atoms with Crippen LogP contribution in [0.2, 0.25) is 0 Å². The smallest absolute Gasteiger partial charge is 0.320 e. The summed E-state index contributed by atoms with van der Waals surface area (Å²) in [5.41, 5.74) is 6.75. The van der Waals surface area contributed by atoms with Gasteiger partial charge in [-0.3, -0.25) is 4.79 Å². The highest BCUT2D eigenvalue weighted by Gasteiger charge is 2.10. The van der Waals surface area contributed by atoms with Gasteiger partial charge in [0.05, 0.1) is 0 Å². The molecule has 3 nitrogen and oxygen atoms in total. The Morgan fingerprint density at radius 2 is 1.89 bits per heavy atom. The fraction of sp³-hybridized carbons (Fsp3) is 0.267. The molecule has 0 saturated carbocycles. The lowest BCUT2D eigenvalue weighted by Gasteiger charge is -2.08. The van der Waals surface area contributed by atoms with Crippen molar-refractivity contribution < 1.29 is 9.90 Å². The number of hydrogen-bond acceptors (Lipinski definition) is 2. The first kappa shape index (κ1) is 12.6. The zero-order valence-corrected chi connectivity index (χ0v) is 10.2. The molecule has 1 unspecified atom stereocenters. The first-order valence-corrected chi connectivity index (χ1v) is 6.13. The number of carboxylic acids is 1. The van der Waals surface area contributed by atoms with Gasteiger partial charge in [0.2, 0.25) is 0 Å².